The third-order valence-electron chi connectivity index (χ3n) is 3.11. The molecule has 0 heterocycles. The van der Waals surface area contributed by atoms with E-state index in [4.69, 9.17) is 15.4 Å². The standard InChI is InChI=1S/C11H21ClO3S/c1-9(8-16(12,13)14)7-15-11-6-4-3-5-10(11)2/h9-11H,3-8H2,1-2H3. The van der Waals surface area contributed by atoms with Crippen molar-refractivity contribution in [2.45, 2.75) is 45.6 Å². The summed E-state index contributed by atoms with van der Waals surface area (Å²) in [5.74, 6) is 0.556. The Balaban J connectivity index is 2.28. The molecule has 3 nitrogen and oxygen atoms in total. The third-order valence-corrected chi connectivity index (χ3v) is 4.46. The molecule has 0 N–H and O–H groups in total. The minimum Gasteiger partial charge on any atom is -0.378 e. The maximum atomic E-state index is 10.9. The Labute approximate surface area is 103 Å². The molecule has 0 aromatic heterocycles. The number of hydrogen-bond acceptors (Lipinski definition) is 3. The second kappa shape index (κ2) is 6.22. The highest BCUT2D eigenvalue weighted by Gasteiger charge is 2.23. The topological polar surface area (TPSA) is 43.4 Å². The van der Waals surface area contributed by atoms with Crippen LogP contribution in [0.25, 0.3) is 0 Å². The zero-order valence-electron chi connectivity index (χ0n) is 9.99. The van der Waals surface area contributed by atoms with Gasteiger partial charge < -0.3 is 4.74 Å². The Morgan fingerprint density at radius 1 is 1.38 bits per heavy atom. The molecule has 1 aliphatic carbocycles. The summed E-state index contributed by atoms with van der Waals surface area (Å²) in [7, 11) is 1.80. The first kappa shape index (κ1) is 14.3. The molecule has 3 unspecified atom stereocenters. The van der Waals surface area contributed by atoms with E-state index < -0.39 is 9.05 Å². The molecule has 0 aromatic rings. The van der Waals surface area contributed by atoms with Crippen molar-refractivity contribution in [3.63, 3.8) is 0 Å². The number of ether oxygens (including phenoxy) is 1. The van der Waals surface area contributed by atoms with Gasteiger partial charge in [-0.15, -0.1) is 0 Å². The van der Waals surface area contributed by atoms with Gasteiger partial charge in [-0.1, -0.05) is 26.7 Å². The van der Waals surface area contributed by atoms with Gasteiger partial charge >= 0.3 is 0 Å². The fraction of sp³-hybridized carbons (Fsp3) is 1.00. The van der Waals surface area contributed by atoms with E-state index in [2.05, 4.69) is 6.92 Å². The molecule has 0 spiro atoms. The number of hydrogen-bond donors (Lipinski definition) is 0. The van der Waals surface area contributed by atoms with Crippen molar-refractivity contribution in [3.8, 4) is 0 Å². The molecule has 0 radical (unpaired) electrons. The summed E-state index contributed by atoms with van der Waals surface area (Å²) < 4.78 is 27.5. The highest BCUT2D eigenvalue weighted by atomic mass is 35.7. The fourth-order valence-electron chi connectivity index (χ4n) is 2.21. The lowest BCUT2D eigenvalue weighted by molar-refractivity contribution is -0.0166. The summed E-state index contributed by atoms with van der Waals surface area (Å²) in [5, 5.41) is 0. The van der Waals surface area contributed by atoms with Crippen LogP contribution < -0.4 is 0 Å². The van der Waals surface area contributed by atoms with Gasteiger partial charge in [0.25, 0.3) is 0 Å². The molecule has 1 saturated carbocycles. The summed E-state index contributed by atoms with van der Waals surface area (Å²) in [4.78, 5) is 0. The van der Waals surface area contributed by atoms with Gasteiger partial charge in [0.2, 0.25) is 9.05 Å². The lowest BCUT2D eigenvalue weighted by atomic mass is 9.88. The maximum Gasteiger partial charge on any atom is 0.232 e. The van der Waals surface area contributed by atoms with Gasteiger partial charge in [0.15, 0.2) is 0 Å². The van der Waals surface area contributed by atoms with Crippen molar-refractivity contribution >= 4 is 19.7 Å². The second-order valence-electron chi connectivity index (χ2n) is 4.94. The molecule has 0 aliphatic heterocycles. The van der Waals surface area contributed by atoms with Crippen LogP contribution in [0, 0.1) is 11.8 Å². The highest BCUT2D eigenvalue weighted by molar-refractivity contribution is 8.13. The molecule has 96 valence electrons. The molecule has 1 rings (SSSR count). The van der Waals surface area contributed by atoms with Gasteiger partial charge in [-0.2, -0.15) is 0 Å². The Kier molecular flexibility index (Phi) is 5.54. The lowest BCUT2D eigenvalue weighted by Gasteiger charge is -2.29. The van der Waals surface area contributed by atoms with E-state index in [1.807, 2.05) is 6.92 Å². The molecule has 0 aromatic carbocycles. The van der Waals surface area contributed by atoms with E-state index in [1.54, 1.807) is 0 Å². The van der Waals surface area contributed by atoms with E-state index in [1.165, 1.54) is 19.3 Å². The zero-order chi connectivity index (χ0) is 12.2. The van der Waals surface area contributed by atoms with E-state index in [0.29, 0.717) is 18.6 Å². The quantitative estimate of drug-likeness (QED) is 0.720. The first-order valence-corrected chi connectivity index (χ1v) is 8.40. The van der Waals surface area contributed by atoms with E-state index >= 15 is 0 Å². The fourth-order valence-corrected chi connectivity index (χ4v) is 3.63. The van der Waals surface area contributed by atoms with Crippen molar-refractivity contribution < 1.29 is 13.2 Å². The first-order chi connectivity index (χ1) is 7.38. The number of halogens is 1. The zero-order valence-corrected chi connectivity index (χ0v) is 11.6. The lowest BCUT2D eigenvalue weighted by Crippen LogP contribution is -2.28. The average Bonchev–Trinajstić information content (AvgIpc) is 2.14. The van der Waals surface area contributed by atoms with Crippen molar-refractivity contribution in [2.24, 2.45) is 11.8 Å². The van der Waals surface area contributed by atoms with Crippen molar-refractivity contribution in [3.05, 3.63) is 0 Å². The van der Waals surface area contributed by atoms with Crippen LogP contribution in [0.4, 0.5) is 0 Å². The summed E-state index contributed by atoms with van der Waals surface area (Å²) in [6.45, 7) is 4.54. The Hall–Kier alpha value is 0.200. The van der Waals surface area contributed by atoms with Crippen LogP contribution in [0.2, 0.25) is 0 Å². The monoisotopic (exact) mass is 268 g/mol. The van der Waals surface area contributed by atoms with Crippen molar-refractivity contribution in [1.29, 1.82) is 0 Å². The molecular formula is C11H21ClO3S. The first-order valence-electron chi connectivity index (χ1n) is 5.92. The summed E-state index contributed by atoms with van der Waals surface area (Å²) >= 11 is 0. The Morgan fingerprint density at radius 2 is 2.00 bits per heavy atom. The molecular weight excluding hydrogens is 248 g/mol. The second-order valence-corrected chi connectivity index (χ2v) is 7.77. The molecule has 1 fully saturated rings. The smallest absolute Gasteiger partial charge is 0.232 e. The summed E-state index contributed by atoms with van der Waals surface area (Å²) in [6, 6.07) is 0. The SMILES string of the molecule is CC(COC1CCCCC1C)CS(=O)(=O)Cl. The third kappa shape index (κ3) is 5.51. The average molecular weight is 269 g/mol. The largest absolute Gasteiger partial charge is 0.378 e. The highest BCUT2D eigenvalue weighted by Crippen LogP contribution is 2.26. The van der Waals surface area contributed by atoms with Crippen molar-refractivity contribution in [2.75, 3.05) is 12.4 Å². The molecule has 0 saturated heterocycles. The van der Waals surface area contributed by atoms with E-state index in [9.17, 15) is 8.42 Å². The molecule has 16 heavy (non-hydrogen) atoms. The van der Waals surface area contributed by atoms with E-state index in [0.717, 1.165) is 6.42 Å². The van der Waals surface area contributed by atoms with Gasteiger partial charge in [0.05, 0.1) is 18.5 Å². The summed E-state index contributed by atoms with van der Waals surface area (Å²) in [5.41, 5.74) is 0. The van der Waals surface area contributed by atoms with Gasteiger partial charge in [0.1, 0.15) is 0 Å². The predicted octanol–water partition coefficient (Wildman–Crippen LogP) is 2.79. The van der Waals surface area contributed by atoms with Crippen LogP contribution in [0.5, 0.6) is 0 Å². The van der Waals surface area contributed by atoms with E-state index in [-0.39, 0.29) is 11.7 Å². The predicted molar refractivity (Wildman–Crippen MR) is 66.2 cm³/mol. The maximum absolute atomic E-state index is 10.9. The van der Waals surface area contributed by atoms with Crippen molar-refractivity contribution in [1.82, 2.24) is 0 Å². The molecule has 0 amide bonds. The molecule has 3 atom stereocenters. The van der Waals surface area contributed by atoms with Gasteiger partial charge in [-0.25, -0.2) is 8.42 Å². The van der Waals surface area contributed by atoms with Crippen LogP contribution in [0.3, 0.4) is 0 Å². The molecule has 5 heteroatoms. The molecule has 1 aliphatic rings. The normalized spacial score (nSPS) is 28.9. The molecule has 0 bridgehead atoms. The Bertz CT molecular complexity index is 302. The van der Waals surface area contributed by atoms with Crippen LogP contribution >= 0.6 is 10.7 Å². The van der Waals surface area contributed by atoms with Gasteiger partial charge in [-0.3, -0.25) is 0 Å². The van der Waals surface area contributed by atoms with Crippen LogP contribution in [0.1, 0.15) is 39.5 Å². The van der Waals surface area contributed by atoms with Gasteiger partial charge in [-0.05, 0) is 24.7 Å². The summed E-state index contributed by atoms with van der Waals surface area (Å²) in [6.07, 6.45) is 5.12. The minimum atomic E-state index is -3.40. The van der Waals surface area contributed by atoms with Crippen LogP contribution in [-0.2, 0) is 13.8 Å². The van der Waals surface area contributed by atoms with Crippen LogP contribution in [-0.4, -0.2) is 26.9 Å². The minimum absolute atomic E-state index is 0.00431. The number of rotatable bonds is 5. The van der Waals surface area contributed by atoms with Crippen LogP contribution in [0.15, 0.2) is 0 Å². The Morgan fingerprint density at radius 3 is 2.56 bits per heavy atom. The van der Waals surface area contributed by atoms with Gasteiger partial charge in [0, 0.05) is 10.7 Å².